The molecule has 0 aliphatic carbocycles. The second-order valence-corrected chi connectivity index (χ2v) is 7.49. The van der Waals surface area contributed by atoms with E-state index in [0.717, 1.165) is 12.3 Å². The van der Waals surface area contributed by atoms with Crippen molar-refractivity contribution in [2.45, 2.75) is 19.4 Å². The maximum atomic E-state index is 12.5. The number of ether oxygens (including phenoxy) is 2. The van der Waals surface area contributed by atoms with E-state index in [-0.39, 0.29) is 45.8 Å². The smallest absolute Gasteiger partial charge is 0.331 e. The van der Waals surface area contributed by atoms with Gasteiger partial charge in [0.1, 0.15) is 5.75 Å². The van der Waals surface area contributed by atoms with Crippen LogP contribution in [-0.2, 0) is 14.3 Å². The largest absolute Gasteiger partial charge is 0.506 e. The van der Waals surface area contributed by atoms with Crippen LogP contribution < -0.4 is 15.4 Å². The lowest BCUT2D eigenvalue weighted by atomic mass is 10.0. The maximum absolute atomic E-state index is 12.5. The van der Waals surface area contributed by atoms with Crippen molar-refractivity contribution in [1.29, 1.82) is 0 Å². The second-order valence-electron chi connectivity index (χ2n) is 6.65. The normalized spacial score (nSPS) is 11.3. The summed E-state index contributed by atoms with van der Waals surface area (Å²) in [4.78, 5) is 50.9. The van der Waals surface area contributed by atoms with Crippen molar-refractivity contribution < 1.29 is 33.9 Å². The number of benzene rings is 1. The molecule has 14 heteroatoms. The van der Waals surface area contributed by atoms with Gasteiger partial charge in [-0.2, -0.15) is 0 Å². The Balaban J connectivity index is 2.15. The van der Waals surface area contributed by atoms with Gasteiger partial charge in [0.2, 0.25) is 5.91 Å². The van der Waals surface area contributed by atoms with Gasteiger partial charge in [-0.1, -0.05) is 23.2 Å². The molecule has 0 saturated heterocycles. The first-order chi connectivity index (χ1) is 16.1. The molecular formula is C20H20Cl2N4O8. The summed E-state index contributed by atoms with van der Waals surface area (Å²) in [5, 5.41) is 26.2. The zero-order valence-electron chi connectivity index (χ0n) is 18.0. The van der Waals surface area contributed by atoms with Crippen LogP contribution in [0.4, 0.5) is 5.69 Å². The first-order valence-electron chi connectivity index (χ1n) is 9.66. The highest BCUT2D eigenvalue weighted by Crippen LogP contribution is 2.36. The standard InChI is InChI=1S/C20H20Cl2N4O8/c1-3-34-17(28)7-14(12-5-11(21)6-13(22)18(12)29)25-16(27)9-23-19(30)10-4-15(26(31)32)20(33-2)24-8-10/h4-6,8,14,29H,3,7,9H2,1-2H3,(H,23,30)(H,25,27). The van der Waals surface area contributed by atoms with Crippen molar-refractivity contribution >= 4 is 46.7 Å². The molecule has 0 fully saturated rings. The van der Waals surface area contributed by atoms with E-state index in [2.05, 4.69) is 15.6 Å². The predicted molar refractivity (Wildman–Crippen MR) is 120 cm³/mol. The highest BCUT2D eigenvalue weighted by molar-refractivity contribution is 6.35. The number of halogens is 2. The van der Waals surface area contributed by atoms with Crippen LogP contribution in [0.3, 0.4) is 0 Å². The maximum Gasteiger partial charge on any atom is 0.331 e. The van der Waals surface area contributed by atoms with Crippen LogP contribution in [0, 0.1) is 10.1 Å². The monoisotopic (exact) mass is 514 g/mol. The third-order valence-corrected chi connectivity index (χ3v) is 4.84. The van der Waals surface area contributed by atoms with Crippen LogP contribution in [0.2, 0.25) is 10.0 Å². The van der Waals surface area contributed by atoms with Crippen LogP contribution in [0.25, 0.3) is 0 Å². The number of nitro groups is 1. The van der Waals surface area contributed by atoms with Crippen LogP contribution in [-0.4, -0.2) is 53.1 Å². The fraction of sp³-hybridized carbons (Fsp3) is 0.300. The Bertz CT molecular complexity index is 1110. The molecular weight excluding hydrogens is 495 g/mol. The Morgan fingerprint density at radius 3 is 2.59 bits per heavy atom. The second kappa shape index (κ2) is 12.0. The lowest BCUT2D eigenvalue weighted by Crippen LogP contribution is -2.39. The molecule has 1 heterocycles. The number of nitrogens with zero attached hydrogens (tertiary/aromatic N) is 2. The van der Waals surface area contributed by atoms with E-state index < -0.39 is 41.0 Å². The molecule has 34 heavy (non-hydrogen) atoms. The van der Waals surface area contributed by atoms with E-state index in [1.807, 2.05) is 0 Å². The molecule has 0 aliphatic heterocycles. The fourth-order valence-electron chi connectivity index (χ4n) is 2.84. The van der Waals surface area contributed by atoms with Crippen molar-refractivity contribution in [3.05, 3.63) is 55.7 Å². The molecule has 1 atom stereocenters. The summed E-state index contributed by atoms with van der Waals surface area (Å²) in [5.41, 5.74) is -0.634. The summed E-state index contributed by atoms with van der Waals surface area (Å²) in [7, 11) is 1.19. The average Bonchev–Trinajstić information content (AvgIpc) is 2.79. The van der Waals surface area contributed by atoms with Crippen LogP contribution >= 0.6 is 23.2 Å². The van der Waals surface area contributed by atoms with Crippen molar-refractivity contribution in [3.8, 4) is 11.6 Å². The van der Waals surface area contributed by atoms with Gasteiger partial charge in [0.15, 0.2) is 0 Å². The average molecular weight is 515 g/mol. The van der Waals surface area contributed by atoms with Crippen molar-refractivity contribution in [3.63, 3.8) is 0 Å². The molecule has 0 radical (unpaired) electrons. The highest BCUT2D eigenvalue weighted by Gasteiger charge is 2.25. The summed E-state index contributed by atoms with van der Waals surface area (Å²) < 4.78 is 9.68. The summed E-state index contributed by atoms with van der Waals surface area (Å²) in [5.74, 6) is -2.88. The molecule has 0 bridgehead atoms. The summed E-state index contributed by atoms with van der Waals surface area (Å²) >= 11 is 11.9. The summed E-state index contributed by atoms with van der Waals surface area (Å²) in [6.07, 6.45) is 0.695. The number of nitrogens with one attached hydrogen (secondary N) is 2. The molecule has 1 aromatic heterocycles. The molecule has 182 valence electrons. The van der Waals surface area contributed by atoms with Crippen LogP contribution in [0.5, 0.6) is 11.6 Å². The summed E-state index contributed by atoms with van der Waals surface area (Å²) in [6, 6.07) is 2.49. The molecule has 2 aromatic rings. The Hall–Kier alpha value is -3.64. The van der Waals surface area contributed by atoms with Gasteiger partial charge in [-0.3, -0.25) is 24.5 Å². The first kappa shape index (κ1) is 26.6. The number of phenols is 1. The first-order valence-corrected chi connectivity index (χ1v) is 10.4. The van der Waals surface area contributed by atoms with E-state index in [4.69, 9.17) is 32.7 Å². The van der Waals surface area contributed by atoms with Crippen LogP contribution in [0.15, 0.2) is 24.4 Å². The van der Waals surface area contributed by atoms with Gasteiger partial charge < -0.3 is 25.2 Å². The van der Waals surface area contributed by atoms with Gasteiger partial charge in [-0.05, 0) is 19.1 Å². The van der Waals surface area contributed by atoms with E-state index >= 15 is 0 Å². The van der Waals surface area contributed by atoms with Gasteiger partial charge in [0.25, 0.3) is 11.8 Å². The molecule has 2 rings (SSSR count). The third kappa shape index (κ3) is 6.93. The Labute approximate surface area is 203 Å². The zero-order chi connectivity index (χ0) is 25.4. The zero-order valence-corrected chi connectivity index (χ0v) is 19.5. The number of aromatic hydroxyl groups is 1. The van der Waals surface area contributed by atoms with E-state index in [0.29, 0.717) is 0 Å². The van der Waals surface area contributed by atoms with E-state index in [1.54, 1.807) is 6.92 Å². The third-order valence-electron chi connectivity index (χ3n) is 4.34. The highest BCUT2D eigenvalue weighted by atomic mass is 35.5. The molecule has 1 aromatic carbocycles. The van der Waals surface area contributed by atoms with Crippen molar-refractivity contribution in [1.82, 2.24) is 15.6 Å². The molecule has 0 saturated carbocycles. The fourth-order valence-corrected chi connectivity index (χ4v) is 3.35. The SMILES string of the molecule is CCOC(=O)CC(NC(=O)CNC(=O)c1cnc(OC)c([N+](=O)[O-])c1)c1cc(Cl)cc(Cl)c1O. The minimum absolute atomic E-state index is 0.0696. The molecule has 0 aliphatic rings. The van der Waals surface area contributed by atoms with Gasteiger partial charge in [0, 0.05) is 22.8 Å². The number of carbonyl (C=O) groups is 3. The lowest BCUT2D eigenvalue weighted by molar-refractivity contribution is -0.386. The van der Waals surface area contributed by atoms with Crippen molar-refractivity contribution in [2.24, 2.45) is 0 Å². The number of hydrogen-bond donors (Lipinski definition) is 3. The Morgan fingerprint density at radius 2 is 1.97 bits per heavy atom. The number of carbonyl (C=O) groups excluding carboxylic acids is 3. The minimum Gasteiger partial charge on any atom is -0.506 e. The molecule has 3 N–H and O–H groups in total. The molecule has 0 spiro atoms. The molecule has 12 nitrogen and oxygen atoms in total. The minimum atomic E-state index is -1.08. The number of rotatable bonds is 10. The molecule has 1 unspecified atom stereocenters. The Morgan fingerprint density at radius 1 is 1.26 bits per heavy atom. The van der Waals surface area contributed by atoms with Crippen molar-refractivity contribution in [2.75, 3.05) is 20.3 Å². The topological polar surface area (TPSA) is 170 Å². The van der Waals surface area contributed by atoms with E-state index in [9.17, 15) is 29.6 Å². The number of esters is 1. The number of methoxy groups -OCH3 is 1. The van der Waals surface area contributed by atoms with Crippen LogP contribution in [0.1, 0.15) is 35.3 Å². The molecule has 2 amide bonds. The van der Waals surface area contributed by atoms with Gasteiger partial charge in [0.05, 0.1) is 48.2 Å². The number of hydrogen-bond acceptors (Lipinski definition) is 9. The predicted octanol–water partition coefficient (Wildman–Crippen LogP) is 2.55. The number of pyridine rings is 1. The number of phenolic OH excluding ortho intramolecular Hbond substituents is 1. The quantitative estimate of drug-likeness (QED) is 0.244. The van der Waals surface area contributed by atoms with Gasteiger partial charge in [-0.25, -0.2) is 4.98 Å². The van der Waals surface area contributed by atoms with E-state index in [1.165, 1.54) is 19.2 Å². The van der Waals surface area contributed by atoms with Gasteiger partial charge in [-0.15, -0.1) is 0 Å². The summed E-state index contributed by atoms with van der Waals surface area (Å²) in [6.45, 7) is 1.14. The Kier molecular flexibility index (Phi) is 9.39. The number of amides is 2. The van der Waals surface area contributed by atoms with Gasteiger partial charge >= 0.3 is 11.7 Å². The number of aromatic nitrogens is 1. The lowest BCUT2D eigenvalue weighted by Gasteiger charge is -2.20.